The monoisotopic (exact) mass is 230 g/mol. The molecule has 0 bridgehead atoms. The number of hydrogen-bond acceptors (Lipinski definition) is 4. The lowest BCUT2D eigenvalue weighted by Crippen LogP contribution is -2.48. The highest BCUT2D eigenvalue weighted by molar-refractivity contribution is 5.68. The Kier molecular flexibility index (Phi) is 3.62. The van der Waals surface area contributed by atoms with Gasteiger partial charge in [0.2, 0.25) is 0 Å². The number of carboxylic acids is 1. The minimum Gasteiger partial charge on any atom is -0.480 e. The lowest BCUT2D eigenvalue weighted by molar-refractivity contribution is -0.196. The third kappa shape index (κ3) is 2.53. The van der Waals surface area contributed by atoms with E-state index in [0.717, 1.165) is 6.42 Å². The largest absolute Gasteiger partial charge is 0.480 e. The van der Waals surface area contributed by atoms with Crippen molar-refractivity contribution in [1.29, 1.82) is 0 Å². The fourth-order valence-electron chi connectivity index (χ4n) is 2.57. The quantitative estimate of drug-likeness (QED) is 0.670. The van der Waals surface area contributed by atoms with Crippen LogP contribution < -0.4 is 5.32 Å². The maximum absolute atomic E-state index is 10.4. The summed E-state index contributed by atoms with van der Waals surface area (Å²) < 4.78 is 0. The van der Waals surface area contributed by atoms with Crippen molar-refractivity contribution >= 4 is 5.97 Å². The van der Waals surface area contributed by atoms with Crippen molar-refractivity contribution in [1.82, 2.24) is 10.4 Å². The first-order valence-corrected chi connectivity index (χ1v) is 5.59. The van der Waals surface area contributed by atoms with Crippen LogP contribution in [-0.4, -0.2) is 45.5 Å². The summed E-state index contributed by atoms with van der Waals surface area (Å²) in [7, 11) is 0. The zero-order valence-electron chi connectivity index (χ0n) is 10.4. The third-order valence-electron chi connectivity index (χ3n) is 3.53. The van der Waals surface area contributed by atoms with Crippen LogP contribution in [0.3, 0.4) is 0 Å². The Bertz CT molecular complexity index is 276. The van der Waals surface area contributed by atoms with Crippen molar-refractivity contribution < 1.29 is 15.1 Å². The van der Waals surface area contributed by atoms with Crippen molar-refractivity contribution in [3.8, 4) is 0 Å². The van der Waals surface area contributed by atoms with Gasteiger partial charge in [-0.3, -0.25) is 4.79 Å². The van der Waals surface area contributed by atoms with Crippen LogP contribution >= 0.6 is 0 Å². The van der Waals surface area contributed by atoms with Gasteiger partial charge in [0.05, 0.1) is 6.54 Å². The summed E-state index contributed by atoms with van der Waals surface area (Å²) in [4.78, 5) is 10.4. The normalized spacial score (nSPS) is 28.2. The van der Waals surface area contributed by atoms with Crippen molar-refractivity contribution in [2.45, 2.75) is 45.2 Å². The van der Waals surface area contributed by atoms with E-state index in [9.17, 15) is 10.0 Å². The first-order chi connectivity index (χ1) is 7.18. The number of hydrogen-bond donors (Lipinski definition) is 3. The molecule has 0 aliphatic carbocycles. The second-order valence-electron chi connectivity index (χ2n) is 5.70. The molecule has 1 aliphatic heterocycles. The zero-order valence-corrected chi connectivity index (χ0v) is 10.4. The number of nitrogens with zero attached hydrogens (tertiary/aromatic N) is 1. The van der Waals surface area contributed by atoms with E-state index in [-0.39, 0.29) is 23.5 Å². The molecule has 0 radical (unpaired) electrons. The van der Waals surface area contributed by atoms with E-state index in [4.69, 9.17) is 5.11 Å². The highest BCUT2D eigenvalue weighted by Gasteiger charge is 2.50. The average Bonchev–Trinajstić information content (AvgIpc) is 2.27. The Hall–Kier alpha value is -0.650. The van der Waals surface area contributed by atoms with Gasteiger partial charge in [-0.2, -0.15) is 5.06 Å². The lowest BCUT2D eigenvalue weighted by Gasteiger charge is -2.36. The summed E-state index contributed by atoms with van der Waals surface area (Å²) in [6.07, 6.45) is 0.850. The molecule has 1 heterocycles. The molecule has 1 aliphatic rings. The fourth-order valence-corrected chi connectivity index (χ4v) is 2.57. The van der Waals surface area contributed by atoms with Crippen LogP contribution in [0.2, 0.25) is 0 Å². The van der Waals surface area contributed by atoms with Crippen LogP contribution in [0.15, 0.2) is 0 Å². The first kappa shape index (κ1) is 13.4. The van der Waals surface area contributed by atoms with Crippen LogP contribution in [0.4, 0.5) is 0 Å². The molecule has 3 N–H and O–H groups in total. The lowest BCUT2D eigenvalue weighted by atomic mass is 9.87. The van der Waals surface area contributed by atoms with Crippen LogP contribution in [0, 0.1) is 5.92 Å². The summed E-state index contributed by atoms with van der Waals surface area (Å²) in [5.41, 5.74) is -0.575. The molecular weight excluding hydrogens is 208 g/mol. The summed E-state index contributed by atoms with van der Waals surface area (Å²) in [6.45, 7) is 8.53. The Morgan fingerprint density at radius 3 is 2.38 bits per heavy atom. The Morgan fingerprint density at radius 1 is 1.44 bits per heavy atom. The maximum Gasteiger partial charge on any atom is 0.317 e. The standard InChI is InChI=1S/C11H22N2O3/c1-10(2)5-8(6-12-7-9(14)15)11(3,4)13(10)16/h8,12,16H,5-7H2,1-4H3,(H,14,15). The van der Waals surface area contributed by atoms with Gasteiger partial charge in [0.25, 0.3) is 0 Å². The van der Waals surface area contributed by atoms with Gasteiger partial charge in [-0.15, -0.1) is 0 Å². The molecule has 0 aromatic carbocycles. The van der Waals surface area contributed by atoms with E-state index in [1.165, 1.54) is 5.06 Å². The molecular formula is C11H22N2O3. The van der Waals surface area contributed by atoms with E-state index < -0.39 is 5.97 Å². The second kappa shape index (κ2) is 4.31. The van der Waals surface area contributed by atoms with E-state index in [1.807, 2.05) is 27.7 Å². The van der Waals surface area contributed by atoms with Crippen molar-refractivity contribution in [3.63, 3.8) is 0 Å². The third-order valence-corrected chi connectivity index (χ3v) is 3.53. The minimum atomic E-state index is -0.851. The number of carboxylic acid groups (broad SMARTS) is 1. The van der Waals surface area contributed by atoms with Gasteiger partial charge in [-0.1, -0.05) is 0 Å². The highest BCUT2D eigenvalue weighted by atomic mass is 16.5. The van der Waals surface area contributed by atoms with Gasteiger partial charge in [0.1, 0.15) is 0 Å². The number of nitrogens with one attached hydrogen (secondary N) is 1. The van der Waals surface area contributed by atoms with Crippen LogP contribution in [0.5, 0.6) is 0 Å². The first-order valence-electron chi connectivity index (χ1n) is 5.59. The van der Waals surface area contributed by atoms with E-state index in [2.05, 4.69) is 5.32 Å². The number of aliphatic carboxylic acids is 1. The van der Waals surface area contributed by atoms with Crippen LogP contribution in [0.25, 0.3) is 0 Å². The van der Waals surface area contributed by atoms with Gasteiger partial charge >= 0.3 is 5.97 Å². The van der Waals surface area contributed by atoms with Crippen molar-refractivity contribution in [2.75, 3.05) is 13.1 Å². The minimum absolute atomic E-state index is 0.0293. The predicted molar refractivity (Wildman–Crippen MR) is 60.4 cm³/mol. The Morgan fingerprint density at radius 2 is 2.00 bits per heavy atom. The SMILES string of the molecule is CC1(C)CC(CNCC(=O)O)C(C)(C)N1O. The van der Waals surface area contributed by atoms with Crippen molar-refractivity contribution in [3.05, 3.63) is 0 Å². The van der Waals surface area contributed by atoms with E-state index >= 15 is 0 Å². The molecule has 0 amide bonds. The number of carbonyl (C=O) groups is 1. The van der Waals surface area contributed by atoms with Gasteiger partial charge in [-0.25, -0.2) is 0 Å². The smallest absolute Gasteiger partial charge is 0.317 e. The molecule has 1 saturated heterocycles. The molecule has 1 rings (SSSR count). The molecule has 1 atom stereocenters. The molecule has 16 heavy (non-hydrogen) atoms. The number of rotatable bonds is 4. The van der Waals surface area contributed by atoms with E-state index in [1.54, 1.807) is 0 Å². The molecule has 1 fully saturated rings. The predicted octanol–water partition coefficient (Wildman–Crippen LogP) is 0.929. The zero-order chi connectivity index (χ0) is 12.6. The molecule has 1 unspecified atom stereocenters. The summed E-state index contributed by atoms with van der Waals surface area (Å²) in [6, 6.07) is 0. The molecule has 0 aromatic heterocycles. The molecule has 5 nitrogen and oxygen atoms in total. The number of hydroxylamine groups is 2. The molecule has 0 aromatic rings. The van der Waals surface area contributed by atoms with Gasteiger partial charge in [-0.05, 0) is 40.0 Å². The van der Waals surface area contributed by atoms with Gasteiger partial charge < -0.3 is 15.6 Å². The average molecular weight is 230 g/mol. The Labute approximate surface area is 96.4 Å². The molecule has 94 valence electrons. The van der Waals surface area contributed by atoms with Gasteiger partial charge in [0.15, 0.2) is 0 Å². The highest BCUT2D eigenvalue weighted by Crippen LogP contribution is 2.42. The van der Waals surface area contributed by atoms with Crippen LogP contribution in [-0.2, 0) is 4.79 Å². The summed E-state index contributed by atoms with van der Waals surface area (Å²) in [5, 5.41) is 22.9. The van der Waals surface area contributed by atoms with Gasteiger partial charge in [0, 0.05) is 17.6 Å². The maximum atomic E-state index is 10.4. The van der Waals surface area contributed by atoms with Crippen LogP contribution in [0.1, 0.15) is 34.1 Å². The fraction of sp³-hybridized carbons (Fsp3) is 0.909. The molecule has 0 spiro atoms. The summed E-state index contributed by atoms with van der Waals surface area (Å²) in [5.74, 6) is -0.609. The molecule has 5 heteroatoms. The topological polar surface area (TPSA) is 72.8 Å². The van der Waals surface area contributed by atoms with E-state index in [0.29, 0.717) is 6.54 Å². The second-order valence-corrected chi connectivity index (χ2v) is 5.70. The molecule has 0 saturated carbocycles. The summed E-state index contributed by atoms with van der Waals surface area (Å²) >= 11 is 0. The Balaban J connectivity index is 2.58. The van der Waals surface area contributed by atoms with Crippen molar-refractivity contribution in [2.24, 2.45) is 5.92 Å².